The number of halogens is 2. The number of carbonyl (C=O) groups excluding carboxylic acids is 1. The lowest BCUT2D eigenvalue weighted by molar-refractivity contribution is -0.145. The molecule has 160 valence electrons. The lowest BCUT2D eigenvalue weighted by Gasteiger charge is -2.38. The summed E-state index contributed by atoms with van der Waals surface area (Å²) in [6.45, 7) is 0.345. The SMILES string of the molecule is Cn1ncc2c(F)c(C(=O)Nc3ccc(N)c(C(=N)N4CC(C(=O)O)C4)c3)c(F)cc21. The number of carboxylic acid groups (broad SMARTS) is 1. The van der Waals surface area contributed by atoms with Crippen LogP contribution in [0.3, 0.4) is 0 Å². The van der Waals surface area contributed by atoms with Crippen LogP contribution >= 0.6 is 0 Å². The van der Waals surface area contributed by atoms with E-state index in [1.54, 1.807) is 0 Å². The van der Waals surface area contributed by atoms with Crippen LogP contribution in [-0.4, -0.2) is 50.6 Å². The molecule has 0 bridgehead atoms. The second-order valence-electron chi connectivity index (χ2n) is 7.29. The Balaban J connectivity index is 1.58. The van der Waals surface area contributed by atoms with Gasteiger partial charge in [-0.05, 0) is 18.2 Å². The van der Waals surface area contributed by atoms with E-state index in [0.717, 1.165) is 6.07 Å². The number of aromatic nitrogens is 2. The van der Waals surface area contributed by atoms with E-state index >= 15 is 0 Å². The summed E-state index contributed by atoms with van der Waals surface area (Å²) >= 11 is 0. The monoisotopic (exact) mass is 428 g/mol. The van der Waals surface area contributed by atoms with Crippen LogP contribution in [0.4, 0.5) is 20.2 Å². The Morgan fingerprint density at radius 3 is 2.68 bits per heavy atom. The number of anilines is 2. The molecule has 5 N–H and O–H groups in total. The molecule has 1 aromatic heterocycles. The molecule has 31 heavy (non-hydrogen) atoms. The number of hydrogen-bond donors (Lipinski definition) is 4. The summed E-state index contributed by atoms with van der Waals surface area (Å²) < 4.78 is 30.5. The first-order valence-electron chi connectivity index (χ1n) is 9.24. The molecule has 0 unspecified atom stereocenters. The van der Waals surface area contributed by atoms with Crippen LogP contribution in [0.2, 0.25) is 0 Å². The molecule has 3 aromatic rings. The van der Waals surface area contributed by atoms with E-state index in [9.17, 15) is 18.4 Å². The quantitative estimate of drug-likeness (QED) is 0.285. The summed E-state index contributed by atoms with van der Waals surface area (Å²) in [6.07, 6.45) is 1.21. The Bertz CT molecular complexity index is 1250. The average Bonchev–Trinajstić information content (AvgIpc) is 3.02. The summed E-state index contributed by atoms with van der Waals surface area (Å²) in [5.74, 6) is -4.55. The Kier molecular flexibility index (Phi) is 4.80. The smallest absolute Gasteiger partial charge is 0.310 e. The number of nitrogens with two attached hydrogens (primary N) is 1. The molecule has 0 aliphatic carbocycles. The summed E-state index contributed by atoms with van der Waals surface area (Å²) in [7, 11) is 1.53. The van der Waals surface area contributed by atoms with Crippen molar-refractivity contribution in [1.29, 1.82) is 5.41 Å². The summed E-state index contributed by atoms with van der Waals surface area (Å²) in [5.41, 5.74) is 6.09. The highest BCUT2D eigenvalue weighted by Gasteiger charge is 2.35. The van der Waals surface area contributed by atoms with Crippen molar-refractivity contribution < 1.29 is 23.5 Å². The maximum absolute atomic E-state index is 14.8. The number of rotatable bonds is 4. The third-order valence-electron chi connectivity index (χ3n) is 5.28. The van der Waals surface area contributed by atoms with Gasteiger partial charge in [-0.15, -0.1) is 0 Å². The largest absolute Gasteiger partial charge is 0.481 e. The van der Waals surface area contributed by atoms with Crippen molar-refractivity contribution in [2.45, 2.75) is 0 Å². The second kappa shape index (κ2) is 7.35. The van der Waals surface area contributed by atoms with Gasteiger partial charge in [0.05, 0.1) is 23.0 Å². The Morgan fingerprint density at radius 2 is 2.00 bits per heavy atom. The maximum Gasteiger partial charge on any atom is 0.310 e. The normalized spacial score (nSPS) is 13.8. The molecule has 1 saturated heterocycles. The summed E-state index contributed by atoms with van der Waals surface area (Å²) in [4.78, 5) is 25.1. The van der Waals surface area contributed by atoms with Crippen molar-refractivity contribution in [2.24, 2.45) is 13.0 Å². The van der Waals surface area contributed by atoms with Crippen molar-refractivity contribution in [3.63, 3.8) is 0 Å². The summed E-state index contributed by atoms with van der Waals surface area (Å²) in [5, 5.41) is 23.6. The molecular weight excluding hydrogens is 410 g/mol. The first kappa shape index (κ1) is 20.3. The van der Waals surface area contributed by atoms with E-state index in [-0.39, 0.29) is 46.8 Å². The first-order chi connectivity index (χ1) is 14.7. The van der Waals surface area contributed by atoms with Gasteiger partial charge >= 0.3 is 5.97 Å². The molecule has 0 atom stereocenters. The van der Waals surface area contributed by atoms with Crippen LogP contribution in [0.1, 0.15) is 15.9 Å². The van der Waals surface area contributed by atoms with E-state index in [4.69, 9.17) is 16.2 Å². The molecule has 11 heteroatoms. The van der Waals surface area contributed by atoms with Crippen molar-refractivity contribution in [1.82, 2.24) is 14.7 Å². The number of hydrogen-bond acceptors (Lipinski definition) is 5. The first-order valence-corrected chi connectivity index (χ1v) is 9.24. The molecule has 1 amide bonds. The molecule has 2 heterocycles. The predicted octanol–water partition coefficient (Wildman–Crippen LogP) is 2.03. The van der Waals surface area contributed by atoms with Gasteiger partial charge in [0.15, 0.2) is 0 Å². The fourth-order valence-corrected chi connectivity index (χ4v) is 3.45. The van der Waals surface area contributed by atoms with E-state index < -0.39 is 35.0 Å². The average molecular weight is 428 g/mol. The Morgan fingerprint density at radius 1 is 1.29 bits per heavy atom. The Hall–Kier alpha value is -4.02. The Labute approximate surface area is 174 Å². The van der Waals surface area contributed by atoms with Crippen LogP contribution in [0, 0.1) is 23.0 Å². The van der Waals surface area contributed by atoms with Gasteiger partial charge in [0.1, 0.15) is 23.0 Å². The standard InChI is InChI=1S/C20H18F2N6O3/c1-27-15-5-13(21)16(17(22)12(15)6-25-27)19(29)26-10-2-3-14(23)11(4-10)18(24)28-7-9(8-28)20(30)31/h2-6,9,24H,7-8,23H2,1H3,(H,26,29)(H,30,31). The number of likely N-dealkylation sites (tertiary alicyclic amines) is 1. The van der Waals surface area contributed by atoms with E-state index in [1.807, 2.05) is 0 Å². The van der Waals surface area contributed by atoms with Crippen molar-refractivity contribution in [3.05, 3.63) is 53.2 Å². The minimum absolute atomic E-state index is 0.000222. The molecule has 0 saturated carbocycles. The molecule has 1 aliphatic heterocycles. The molecule has 1 aliphatic rings. The lowest BCUT2D eigenvalue weighted by Crippen LogP contribution is -2.53. The number of amidine groups is 1. The van der Waals surface area contributed by atoms with Gasteiger partial charge in [-0.3, -0.25) is 19.7 Å². The van der Waals surface area contributed by atoms with Gasteiger partial charge in [-0.1, -0.05) is 0 Å². The van der Waals surface area contributed by atoms with Crippen LogP contribution < -0.4 is 11.1 Å². The van der Waals surface area contributed by atoms with Gasteiger partial charge in [-0.2, -0.15) is 5.10 Å². The minimum atomic E-state index is -1.03. The molecule has 9 nitrogen and oxygen atoms in total. The van der Waals surface area contributed by atoms with Crippen LogP contribution in [0.25, 0.3) is 10.9 Å². The second-order valence-corrected chi connectivity index (χ2v) is 7.29. The fourth-order valence-electron chi connectivity index (χ4n) is 3.45. The topological polar surface area (TPSA) is 137 Å². The van der Waals surface area contributed by atoms with Crippen molar-refractivity contribution in [3.8, 4) is 0 Å². The van der Waals surface area contributed by atoms with Crippen LogP contribution in [0.5, 0.6) is 0 Å². The number of amides is 1. The zero-order valence-corrected chi connectivity index (χ0v) is 16.3. The number of carbonyl (C=O) groups is 2. The fraction of sp³-hybridized carbons (Fsp3) is 0.200. The number of aliphatic carboxylic acids is 1. The number of nitrogen functional groups attached to an aromatic ring is 1. The summed E-state index contributed by atoms with van der Waals surface area (Å²) in [6, 6.07) is 5.33. The van der Waals surface area contributed by atoms with Crippen molar-refractivity contribution in [2.75, 3.05) is 24.1 Å². The van der Waals surface area contributed by atoms with Crippen LogP contribution in [0.15, 0.2) is 30.5 Å². The van der Waals surface area contributed by atoms with Gasteiger partial charge < -0.3 is 21.1 Å². The molecule has 1 fully saturated rings. The number of carboxylic acids is 1. The van der Waals surface area contributed by atoms with E-state index in [1.165, 1.54) is 41.0 Å². The molecule has 0 spiro atoms. The van der Waals surface area contributed by atoms with Crippen LogP contribution in [-0.2, 0) is 11.8 Å². The predicted molar refractivity (Wildman–Crippen MR) is 109 cm³/mol. The zero-order valence-electron chi connectivity index (χ0n) is 16.3. The van der Waals surface area contributed by atoms with Crippen molar-refractivity contribution >= 4 is 40.0 Å². The third-order valence-corrected chi connectivity index (χ3v) is 5.28. The number of fused-ring (bicyclic) bond motifs is 1. The van der Waals surface area contributed by atoms with E-state index in [0.29, 0.717) is 0 Å². The molecule has 0 radical (unpaired) electrons. The number of aryl methyl sites for hydroxylation is 1. The van der Waals surface area contributed by atoms with Gasteiger partial charge in [0.2, 0.25) is 0 Å². The van der Waals surface area contributed by atoms with Gasteiger partial charge in [-0.25, -0.2) is 8.78 Å². The molecule has 4 rings (SSSR count). The molecular formula is C20H18F2N6O3. The minimum Gasteiger partial charge on any atom is -0.481 e. The highest BCUT2D eigenvalue weighted by Crippen LogP contribution is 2.27. The van der Waals surface area contributed by atoms with Gasteiger partial charge in [0.25, 0.3) is 5.91 Å². The van der Waals surface area contributed by atoms with Gasteiger partial charge in [0, 0.05) is 43.1 Å². The number of nitrogens with one attached hydrogen (secondary N) is 2. The lowest BCUT2D eigenvalue weighted by atomic mass is 9.98. The maximum atomic E-state index is 14.8. The number of benzene rings is 2. The zero-order chi connectivity index (χ0) is 22.4. The third kappa shape index (κ3) is 3.43. The highest BCUT2D eigenvalue weighted by atomic mass is 19.1. The van der Waals surface area contributed by atoms with E-state index in [2.05, 4.69) is 10.4 Å². The number of nitrogens with zero attached hydrogens (tertiary/aromatic N) is 3. The highest BCUT2D eigenvalue weighted by molar-refractivity contribution is 6.08. The molecule has 2 aromatic carbocycles.